The van der Waals surface area contributed by atoms with E-state index in [9.17, 15) is 10.1 Å². The second-order valence-corrected chi connectivity index (χ2v) is 5.14. The Morgan fingerprint density at radius 3 is 2.86 bits per heavy atom. The third-order valence-electron chi connectivity index (χ3n) is 3.70. The minimum atomic E-state index is -1.06. The fraction of sp³-hybridized carbons (Fsp3) is 0.467. The van der Waals surface area contributed by atoms with E-state index in [1.165, 1.54) is 6.20 Å². The molecule has 2 rings (SSSR count). The molecule has 0 saturated carbocycles. The van der Waals surface area contributed by atoms with Crippen LogP contribution in [0.5, 0.6) is 0 Å². The highest BCUT2D eigenvalue weighted by Crippen LogP contribution is 2.20. The van der Waals surface area contributed by atoms with Crippen molar-refractivity contribution in [3.63, 3.8) is 0 Å². The van der Waals surface area contributed by atoms with Crippen LogP contribution in [0.15, 0.2) is 18.3 Å². The van der Waals surface area contributed by atoms with E-state index in [4.69, 9.17) is 5.26 Å². The van der Waals surface area contributed by atoms with E-state index < -0.39 is 5.54 Å². The summed E-state index contributed by atoms with van der Waals surface area (Å²) < 4.78 is 0. The van der Waals surface area contributed by atoms with Crippen LogP contribution >= 0.6 is 0 Å². The zero-order valence-corrected chi connectivity index (χ0v) is 12.5. The first-order valence-corrected chi connectivity index (χ1v) is 7.21. The summed E-state index contributed by atoms with van der Waals surface area (Å²) in [5.41, 5.74) is 2.44. The molecule has 0 radical (unpaired) electrons. The first-order chi connectivity index (χ1) is 10.6. The maximum absolute atomic E-state index is 12.4. The van der Waals surface area contributed by atoms with E-state index in [0.29, 0.717) is 30.9 Å². The topological polar surface area (TPSA) is 105 Å². The number of carbonyl (C=O) groups is 1. The van der Waals surface area contributed by atoms with E-state index in [2.05, 4.69) is 21.8 Å². The van der Waals surface area contributed by atoms with Gasteiger partial charge in [-0.25, -0.2) is 9.99 Å². The van der Waals surface area contributed by atoms with Crippen molar-refractivity contribution in [2.45, 2.75) is 25.3 Å². The zero-order valence-electron chi connectivity index (χ0n) is 12.5. The first kappa shape index (κ1) is 15.9. The molecule has 7 heteroatoms. The Kier molecular flexibility index (Phi) is 5.05. The van der Waals surface area contributed by atoms with Crippen molar-refractivity contribution in [1.82, 2.24) is 15.3 Å². The molecule has 1 atom stereocenters. The Balaban J connectivity index is 2.01. The Morgan fingerprint density at radius 2 is 2.36 bits per heavy atom. The predicted molar refractivity (Wildman–Crippen MR) is 80.4 cm³/mol. The third kappa shape index (κ3) is 3.40. The summed E-state index contributed by atoms with van der Waals surface area (Å²) in [5.74, 6) is 0.412. The minimum Gasteiger partial charge on any atom is -0.303 e. The molecule has 1 aliphatic heterocycles. The molecule has 2 N–H and O–H groups in total. The lowest BCUT2D eigenvalue weighted by molar-refractivity contribution is -0.123. The van der Waals surface area contributed by atoms with Gasteiger partial charge in [-0.05, 0) is 31.5 Å². The average molecular weight is 298 g/mol. The summed E-state index contributed by atoms with van der Waals surface area (Å²) in [6.07, 6.45) is 2.85. The highest BCUT2D eigenvalue weighted by molar-refractivity contribution is 5.93. The van der Waals surface area contributed by atoms with Crippen molar-refractivity contribution < 1.29 is 4.79 Å². The minimum absolute atomic E-state index is 0.110. The molecule has 1 fully saturated rings. The molecule has 1 aliphatic rings. The van der Waals surface area contributed by atoms with E-state index >= 15 is 0 Å². The maximum Gasteiger partial charge on any atom is 0.183 e. The predicted octanol–water partition coefficient (Wildman–Crippen LogP) is 0.817. The maximum atomic E-state index is 12.4. The van der Waals surface area contributed by atoms with Crippen LogP contribution in [0.1, 0.15) is 25.3 Å². The smallest absolute Gasteiger partial charge is 0.183 e. The first-order valence-electron chi connectivity index (χ1n) is 7.21. The molecule has 7 nitrogen and oxygen atoms in total. The van der Waals surface area contributed by atoms with Gasteiger partial charge in [-0.3, -0.25) is 10.1 Å². The molecular formula is C15H18N6O. The van der Waals surface area contributed by atoms with Gasteiger partial charge in [-0.1, -0.05) is 6.92 Å². The van der Waals surface area contributed by atoms with Gasteiger partial charge in [0.1, 0.15) is 11.9 Å². The van der Waals surface area contributed by atoms with Crippen LogP contribution < -0.4 is 10.7 Å². The second kappa shape index (κ2) is 6.99. The molecule has 0 spiro atoms. The number of nitrogens with zero attached hydrogens (tertiary/aromatic N) is 4. The summed E-state index contributed by atoms with van der Waals surface area (Å²) in [6.45, 7) is 3.29. The number of hydrogen-bond donors (Lipinski definition) is 2. The van der Waals surface area contributed by atoms with Crippen molar-refractivity contribution in [2.24, 2.45) is 0 Å². The van der Waals surface area contributed by atoms with E-state index in [1.807, 2.05) is 13.0 Å². The number of anilines is 1. The highest BCUT2D eigenvalue weighted by atomic mass is 16.1. The molecule has 0 aliphatic carbocycles. The van der Waals surface area contributed by atoms with Crippen molar-refractivity contribution in [3.05, 3.63) is 23.9 Å². The number of hydrogen-bond acceptors (Lipinski definition) is 7. The Bertz CT molecular complexity index is 606. The second-order valence-electron chi connectivity index (χ2n) is 5.14. The standard InChI is InChI=1S/C15H18N6O/c1-2-21(20-14-5-4-12(8-16)9-18-14)10-13(22)15(11-17)6-3-7-19-15/h4-5,9,19H,2-3,6-7,10H2,1H3,(H,18,20)/t15-/m0/s1. The van der Waals surface area contributed by atoms with Gasteiger partial charge in [0, 0.05) is 12.7 Å². The highest BCUT2D eigenvalue weighted by Gasteiger charge is 2.41. The number of rotatable bonds is 6. The molecule has 114 valence electrons. The lowest BCUT2D eigenvalue weighted by atomic mass is 9.94. The van der Waals surface area contributed by atoms with Gasteiger partial charge in [0.25, 0.3) is 0 Å². The summed E-state index contributed by atoms with van der Waals surface area (Å²) in [5, 5.41) is 22.8. The van der Waals surface area contributed by atoms with Crippen LogP contribution in [0.3, 0.4) is 0 Å². The number of likely N-dealkylation sites (N-methyl/N-ethyl adjacent to an activating group) is 1. The van der Waals surface area contributed by atoms with Gasteiger partial charge in [0.05, 0.1) is 18.2 Å². The van der Waals surface area contributed by atoms with Gasteiger partial charge >= 0.3 is 0 Å². The molecule has 2 heterocycles. The van der Waals surface area contributed by atoms with Gasteiger partial charge < -0.3 is 5.43 Å². The monoisotopic (exact) mass is 298 g/mol. The van der Waals surface area contributed by atoms with E-state index in [1.54, 1.807) is 17.1 Å². The normalized spacial score (nSPS) is 20.4. The fourth-order valence-electron chi connectivity index (χ4n) is 2.37. The lowest BCUT2D eigenvalue weighted by Crippen LogP contribution is -2.51. The number of hydrazine groups is 1. The third-order valence-corrected chi connectivity index (χ3v) is 3.70. The Labute approximate surface area is 129 Å². The van der Waals surface area contributed by atoms with Gasteiger partial charge in [0.2, 0.25) is 0 Å². The van der Waals surface area contributed by atoms with Crippen LogP contribution in [0.4, 0.5) is 5.82 Å². The molecule has 22 heavy (non-hydrogen) atoms. The number of nitriles is 2. The number of ketones is 1. The molecule has 0 unspecified atom stereocenters. The summed E-state index contributed by atoms with van der Waals surface area (Å²) in [4.78, 5) is 16.5. The van der Waals surface area contributed by atoms with Crippen LogP contribution in [0.25, 0.3) is 0 Å². The molecule has 1 aromatic rings. The largest absolute Gasteiger partial charge is 0.303 e. The van der Waals surface area contributed by atoms with Gasteiger partial charge in [0.15, 0.2) is 11.3 Å². The zero-order chi connectivity index (χ0) is 16.0. The van der Waals surface area contributed by atoms with Crippen LogP contribution in [-0.2, 0) is 4.79 Å². The van der Waals surface area contributed by atoms with Gasteiger partial charge in [-0.15, -0.1) is 0 Å². The summed E-state index contributed by atoms with van der Waals surface area (Å²) in [7, 11) is 0. The van der Waals surface area contributed by atoms with Gasteiger partial charge in [-0.2, -0.15) is 10.5 Å². The molecule has 0 aromatic carbocycles. The van der Waals surface area contributed by atoms with Crippen molar-refractivity contribution in [1.29, 1.82) is 10.5 Å². The molecule has 0 amide bonds. The number of pyridine rings is 1. The Morgan fingerprint density at radius 1 is 1.55 bits per heavy atom. The number of Topliss-reactive ketones (excluding diaryl/α,β-unsaturated/α-hetero) is 1. The average Bonchev–Trinajstić information content (AvgIpc) is 3.05. The molecule has 0 bridgehead atoms. The SMILES string of the molecule is CCN(CC(=O)[C@@]1(C#N)CCCN1)Nc1ccc(C#N)cn1. The number of nitrogens with one attached hydrogen (secondary N) is 2. The number of carbonyl (C=O) groups excluding carboxylic acids is 1. The molecule has 1 saturated heterocycles. The van der Waals surface area contributed by atoms with Crippen molar-refractivity contribution in [2.75, 3.05) is 25.1 Å². The Hall–Kier alpha value is -2.48. The summed E-state index contributed by atoms with van der Waals surface area (Å²) in [6, 6.07) is 7.45. The van der Waals surface area contributed by atoms with E-state index in [0.717, 1.165) is 6.42 Å². The quantitative estimate of drug-likeness (QED) is 0.749. The van der Waals surface area contributed by atoms with Crippen LogP contribution in [0, 0.1) is 22.7 Å². The van der Waals surface area contributed by atoms with Crippen LogP contribution in [-0.4, -0.2) is 40.9 Å². The lowest BCUT2D eigenvalue weighted by Gasteiger charge is -2.26. The fourth-order valence-corrected chi connectivity index (χ4v) is 2.37. The van der Waals surface area contributed by atoms with Crippen molar-refractivity contribution in [3.8, 4) is 12.1 Å². The van der Waals surface area contributed by atoms with Crippen LogP contribution in [0.2, 0.25) is 0 Å². The molecule has 1 aromatic heterocycles. The van der Waals surface area contributed by atoms with Crippen molar-refractivity contribution >= 4 is 11.6 Å². The molecular weight excluding hydrogens is 280 g/mol. The number of aromatic nitrogens is 1. The summed E-state index contributed by atoms with van der Waals surface area (Å²) >= 11 is 0. The van der Waals surface area contributed by atoms with E-state index in [-0.39, 0.29) is 12.3 Å².